The van der Waals surface area contributed by atoms with Gasteiger partial charge in [-0.05, 0) is 0 Å². The number of hydrogen-bond acceptors (Lipinski definition) is 1. The molecule has 0 aromatic heterocycles. The average Bonchev–Trinajstić information content (AvgIpc) is 2.72. The molecular weight excluding hydrogens is 395 g/mol. The zero-order valence-electron chi connectivity index (χ0n) is 16.9. The summed E-state index contributed by atoms with van der Waals surface area (Å²) in [7, 11) is 0. The van der Waals surface area contributed by atoms with Gasteiger partial charge in [0.05, 0.1) is 0 Å². The predicted molar refractivity (Wildman–Crippen MR) is 102 cm³/mol. The molecule has 133 valence electrons. The molecule has 2 aliphatic carbocycles. The molecule has 0 saturated heterocycles. The van der Waals surface area contributed by atoms with Crippen molar-refractivity contribution in [2.24, 2.45) is 10.8 Å². The summed E-state index contributed by atoms with van der Waals surface area (Å²) in [6, 6.07) is 0. The van der Waals surface area contributed by atoms with Crippen LogP contribution < -0.4 is 0 Å². The maximum absolute atomic E-state index is 6.24. The Kier molecular flexibility index (Phi) is 6.47. The third-order valence-corrected chi connectivity index (χ3v) is 7.50. The number of rotatable bonds is 3. The first kappa shape index (κ1) is 22.1. The van der Waals surface area contributed by atoms with Crippen LogP contribution in [-0.2, 0) is 28.0 Å². The minimum atomic E-state index is 0. The molecular formula is C21H32ClOZr. The Hall–Kier alpha value is 0.0931. The van der Waals surface area contributed by atoms with Gasteiger partial charge in [-0.1, -0.05) is 0 Å². The van der Waals surface area contributed by atoms with Gasteiger partial charge in [0.2, 0.25) is 0 Å². The number of hydrogen-bond donors (Lipinski definition) is 0. The van der Waals surface area contributed by atoms with E-state index in [-0.39, 0.29) is 29.3 Å². The SMILES string of the molecule is CC1=C(C)C(C)(C)C(C([O][Zr])C2=C(C)C(C)=C(C)C2(C)C)=C1C.Cl. The molecule has 0 aromatic carbocycles. The minimum absolute atomic E-state index is 0. The van der Waals surface area contributed by atoms with Crippen molar-refractivity contribution in [2.75, 3.05) is 0 Å². The van der Waals surface area contributed by atoms with Crippen molar-refractivity contribution in [3.8, 4) is 0 Å². The first-order chi connectivity index (χ1) is 10.4. The van der Waals surface area contributed by atoms with E-state index in [9.17, 15) is 0 Å². The van der Waals surface area contributed by atoms with Gasteiger partial charge >= 0.3 is 159 Å². The monoisotopic (exact) mass is 425 g/mol. The third kappa shape index (κ3) is 2.91. The normalized spacial score (nSPS) is 22.9. The van der Waals surface area contributed by atoms with Crippen molar-refractivity contribution < 1.29 is 28.0 Å². The van der Waals surface area contributed by atoms with Crippen molar-refractivity contribution in [3.05, 3.63) is 44.6 Å². The van der Waals surface area contributed by atoms with Gasteiger partial charge in [-0.25, -0.2) is 0 Å². The van der Waals surface area contributed by atoms with E-state index in [2.05, 4.69) is 69.2 Å². The van der Waals surface area contributed by atoms with Crippen molar-refractivity contribution in [2.45, 2.75) is 75.3 Å². The van der Waals surface area contributed by atoms with Gasteiger partial charge in [0.15, 0.2) is 0 Å². The summed E-state index contributed by atoms with van der Waals surface area (Å²) >= 11 is 1.14. The zero-order chi connectivity index (χ0) is 17.9. The van der Waals surface area contributed by atoms with E-state index in [1.165, 1.54) is 44.6 Å². The van der Waals surface area contributed by atoms with Crippen LogP contribution in [0.1, 0.15) is 69.2 Å². The van der Waals surface area contributed by atoms with Crippen LogP contribution >= 0.6 is 12.4 Å². The fraction of sp³-hybridized carbons (Fsp3) is 0.619. The molecule has 24 heavy (non-hydrogen) atoms. The Labute approximate surface area is 170 Å². The Morgan fingerprint density at radius 1 is 0.667 bits per heavy atom. The van der Waals surface area contributed by atoms with E-state index in [0.717, 1.165) is 25.2 Å². The van der Waals surface area contributed by atoms with Crippen LogP contribution in [0.5, 0.6) is 0 Å². The van der Waals surface area contributed by atoms with Crippen LogP contribution in [-0.4, -0.2) is 6.10 Å². The van der Waals surface area contributed by atoms with Gasteiger partial charge in [0.25, 0.3) is 0 Å². The van der Waals surface area contributed by atoms with Crippen molar-refractivity contribution >= 4 is 12.4 Å². The van der Waals surface area contributed by atoms with Gasteiger partial charge < -0.3 is 0 Å². The van der Waals surface area contributed by atoms with Crippen LogP contribution in [0.4, 0.5) is 0 Å². The number of allylic oxidation sites excluding steroid dienone is 6. The van der Waals surface area contributed by atoms with Crippen molar-refractivity contribution in [3.63, 3.8) is 0 Å². The first-order valence-corrected chi connectivity index (χ1v) is 9.52. The molecule has 2 aliphatic rings. The molecule has 1 nitrogen and oxygen atoms in total. The fourth-order valence-electron chi connectivity index (χ4n) is 4.56. The zero-order valence-corrected chi connectivity index (χ0v) is 20.2. The van der Waals surface area contributed by atoms with E-state index in [1.54, 1.807) is 0 Å². The van der Waals surface area contributed by atoms with Gasteiger partial charge in [0.1, 0.15) is 0 Å². The summed E-state index contributed by atoms with van der Waals surface area (Å²) < 4.78 is 6.24. The maximum Gasteiger partial charge on any atom is -0.147 e. The molecule has 0 heterocycles. The topological polar surface area (TPSA) is 9.23 Å². The fourth-order valence-corrected chi connectivity index (χ4v) is 5.14. The van der Waals surface area contributed by atoms with Crippen LogP contribution in [0.25, 0.3) is 0 Å². The molecule has 0 atom stereocenters. The van der Waals surface area contributed by atoms with Gasteiger partial charge in [-0.15, -0.1) is 12.4 Å². The Bertz CT molecular complexity index is 629. The quantitative estimate of drug-likeness (QED) is 0.491. The Morgan fingerprint density at radius 3 is 1.12 bits per heavy atom. The van der Waals surface area contributed by atoms with Crippen LogP contribution in [0, 0.1) is 10.8 Å². The molecule has 0 fully saturated rings. The summed E-state index contributed by atoms with van der Waals surface area (Å²) in [4.78, 5) is 0. The molecule has 0 amide bonds. The summed E-state index contributed by atoms with van der Waals surface area (Å²) in [5.41, 5.74) is 11.8. The second-order valence-electron chi connectivity index (χ2n) is 8.33. The van der Waals surface area contributed by atoms with E-state index in [0.29, 0.717) is 0 Å². The molecule has 0 saturated carbocycles. The van der Waals surface area contributed by atoms with Gasteiger partial charge in [-0.2, -0.15) is 0 Å². The first-order valence-electron chi connectivity index (χ1n) is 8.52. The van der Waals surface area contributed by atoms with Crippen LogP contribution in [0.15, 0.2) is 44.6 Å². The third-order valence-electron chi connectivity index (χ3n) is 6.92. The summed E-state index contributed by atoms with van der Waals surface area (Å²) in [5, 5.41) is 0. The van der Waals surface area contributed by atoms with Crippen LogP contribution in [0.3, 0.4) is 0 Å². The second kappa shape index (κ2) is 7.01. The summed E-state index contributed by atoms with van der Waals surface area (Å²) in [6.45, 7) is 23.0. The average molecular weight is 427 g/mol. The van der Waals surface area contributed by atoms with E-state index in [4.69, 9.17) is 2.81 Å². The molecule has 3 heteroatoms. The molecule has 0 radical (unpaired) electrons. The van der Waals surface area contributed by atoms with E-state index < -0.39 is 0 Å². The van der Waals surface area contributed by atoms with E-state index in [1.807, 2.05) is 0 Å². The maximum atomic E-state index is 6.24. The largest absolute Gasteiger partial charge is 0.147 e. The van der Waals surface area contributed by atoms with Crippen molar-refractivity contribution in [1.29, 1.82) is 0 Å². The molecule has 0 aromatic rings. The Balaban J connectivity index is 0.00000288. The second-order valence-corrected chi connectivity index (χ2v) is 8.90. The molecule has 0 aliphatic heterocycles. The summed E-state index contributed by atoms with van der Waals surface area (Å²) in [5.74, 6) is 0. The summed E-state index contributed by atoms with van der Waals surface area (Å²) in [6.07, 6.45) is 0.0954. The standard InChI is InChI=1S/C21H31O.ClH.Zr/c1-11-13(3)17(20(7,8)15(11)5)19(22)18-14(4)12(2)16(6)21(18,9)10;;/h19H,1-10H3;1H;/q-1;;+1. The molecule has 0 spiro atoms. The van der Waals surface area contributed by atoms with Crippen molar-refractivity contribution in [1.82, 2.24) is 0 Å². The molecule has 2 rings (SSSR count). The molecule has 0 N–H and O–H groups in total. The molecule has 0 bridgehead atoms. The number of halogens is 1. The predicted octanol–water partition coefficient (Wildman–Crippen LogP) is 6.64. The molecule has 0 unspecified atom stereocenters. The van der Waals surface area contributed by atoms with Crippen LogP contribution in [0.2, 0.25) is 0 Å². The van der Waals surface area contributed by atoms with Gasteiger partial charge in [0, 0.05) is 0 Å². The van der Waals surface area contributed by atoms with E-state index >= 15 is 0 Å². The Morgan fingerprint density at radius 2 is 0.958 bits per heavy atom. The smallest absolute Gasteiger partial charge is 0.147 e. The minimum Gasteiger partial charge on any atom is -0.147 e. The van der Waals surface area contributed by atoms with Gasteiger partial charge in [-0.3, -0.25) is 0 Å².